The molecule has 40 heavy (non-hydrogen) atoms. The molecule has 0 aromatic heterocycles. The van der Waals surface area contributed by atoms with E-state index in [4.69, 9.17) is 21.7 Å². The summed E-state index contributed by atoms with van der Waals surface area (Å²) in [6.07, 6.45) is 1.69. The van der Waals surface area contributed by atoms with Gasteiger partial charge in [-0.05, 0) is 34.9 Å². The highest BCUT2D eigenvalue weighted by molar-refractivity contribution is 8.26. The van der Waals surface area contributed by atoms with Gasteiger partial charge in [-0.25, -0.2) is 4.79 Å². The second-order valence-electron chi connectivity index (χ2n) is 8.95. The van der Waals surface area contributed by atoms with Crippen LogP contribution in [-0.2, 0) is 22.8 Å². The first-order valence-electron chi connectivity index (χ1n) is 12.5. The van der Waals surface area contributed by atoms with Gasteiger partial charge >= 0.3 is 5.97 Å². The lowest BCUT2D eigenvalue weighted by atomic mass is 10.1. The molecule has 1 heterocycles. The highest BCUT2D eigenvalue weighted by atomic mass is 32.2. The average Bonchev–Trinajstić information content (AvgIpc) is 3.25. The van der Waals surface area contributed by atoms with Crippen LogP contribution in [0.4, 0.5) is 0 Å². The molecule has 4 aromatic carbocycles. The summed E-state index contributed by atoms with van der Waals surface area (Å²) in [6, 6.07) is 32.4. The van der Waals surface area contributed by atoms with E-state index in [0.717, 1.165) is 27.8 Å². The second-order valence-corrected chi connectivity index (χ2v) is 10.6. The Balaban J connectivity index is 1.43. The van der Waals surface area contributed by atoms with E-state index >= 15 is 0 Å². The molecular weight excluding hydrogens is 542 g/mol. The third-order valence-corrected chi connectivity index (χ3v) is 7.52. The molecule has 1 unspecified atom stereocenters. The molecule has 0 radical (unpaired) electrons. The van der Waals surface area contributed by atoms with Crippen molar-refractivity contribution >= 4 is 46.3 Å². The van der Waals surface area contributed by atoms with Crippen LogP contribution in [0.1, 0.15) is 28.3 Å². The molecule has 8 heteroatoms. The number of nitrogens with zero attached hydrogens (tertiary/aromatic N) is 1. The zero-order valence-electron chi connectivity index (χ0n) is 21.3. The van der Waals surface area contributed by atoms with Crippen LogP contribution < -0.4 is 9.47 Å². The topological polar surface area (TPSA) is 76.1 Å². The first kappa shape index (κ1) is 27.2. The Bertz CT molecular complexity index is 1540. The summed E-state index contributed by atoms with van der Waals surface area (Å²) in [5, 5.41) is 9.97. The Hall–Kier alpha value is -4.40. The fourth-order valence-corrected chi connectivity index (χ4v) is 5.51. The summed E-state index contributed by atoms with van der Waals surface area (Å²) in [7, 11) is 0. The summed E-state index contributed by atoms with van der Waals surface area (Å²) in [4.78, 5) is 27.2. The lowest BCUT2D eigenvalue weighted by Gasteiger charge is -2.23. The van der Waals surface area contributed by atoms with Crippen LogP contribution in [0.5, 0.6) is 11.5 Å². The zero-order chi connectivity index (χ0) is 27.9. The third kappa shape index (κ3) is 6.42. The Morgan fingerprint density at radius 1 is 0.850 bits per heavy atom. The standard InChI is InChI=1S/C32H25NO5S2/c34-30-28(40-32(39)33(30)29(31(35)36)24-14-8-3-9-15-24)18-25-16-17-26(37-20-22-10-4-1-5-11-22)19-27(25)38-21-23-12-6-2-7-13-23/h1-19,29H,20-21H2,(H,35,36). The highest BCUT2D eigenvalue weighted by Gasteiger charge is 2.41. The number of thiocarbonyl (C=S) groups is 1. The van der Waals surface area contributed by atoms with Crippen LogP contribution in [0, 0.1) is 0 Å². The molecule has 5 rings (SSSR count). The van der Waals surface area contributed by atoms with E-state index in [1.165, 1.54) is 0 Å². The minimum atomic E-state index is -1.22. The minimum Gasteiger partial charge on any atom is -0.489 e. The molecule has 0 bridgehead atoms. The number of thioether (sulfide) groups is 1. The van der Waals surface area contributed by atoms with Gasteiger partial charge in [-0.3, -0.25) is 9.69 Å². The molecule has 1 amide bonds. The van der Waals surface area contributed by atoms with Crippen LogP contribution >= 0.6 is 24.0 Å². The Labute approximate surface area is 241 Å². The van der Waals surface area contributed by atoms with E-state index in [-0.39, 0.29) is 4.32 Å². The largest absolute Gasteiger partial charge is 0.489 e. The minimum absolute atomic E-state index is 0.182. The van der Waals surface area contributed by atoms with Crippen molar-refractivity contribution < 1.29 is 24.2 Å². The number of hydrogen-bond donors (Lipinski definition) is 1. The molecule has 1 fully saturated rings. The molecule has 0 aliphatic carbocycles. The van der Waals surface area contributed by atoms with Crippen molar-refractivity contribution in [1.82, 2.24) is 4.90 Å². The second kappa shape index (κ2) is 12.6. The number of hydrogen-bond acceptors (Lipinski definition) is 6. The first-order chi connectivity index (χ1) is 19.5. The zero-order valence-corrected chi connectivity index (χ0v) is 22.9. The van der Waals surface area contributed by atoms with Crippen molar-refractivity contribution in [3.05, 3.63) is 136 Å². The SMILES string of the molecule is O=C(O)C(c1ccccc1)N1C(=O)C(=Cc2ccc(OCc3ccccc3)cc2OCc2ccccc2)SC1=S. The van der Waals surface area contributed by atoms with E-state index in [0.29, 0.717) is 40.7 Å². The summed E-state index contributed by atoms with van der Waals surface area (Å²) < 4.78 is 12.4. The average molecular weight is 568 g/mol. The predicted molar refractivity (Wildman–Crippen MR) is 160 cm³/mol. The Morgan fingerprint density at radius 3 is 2.02 bits per heavy atom. The van der Waals surface area contributed by atoms with Gasteiger partial charge in [0, 0.05) is 11.6 Å². The van der Waals surface area contributed by atoms with Gasteiger partial charge in [0.05, 0.1) is 4.91 Å². The van der Waals surface area contributed by atoms with Crippen molar-refractivity contribution in [2.75, 3.05) is 0 Å². The lowest BCUT2D eigenvalue weighted by molar-refractivity contribution is -0.145. The molecule has 1 saturated heterocycles. The van der Waals surface area contributed by atoms with Gasteiger partial charge in [-0.15, -0.1) is 0 Å². The van der Waals surface area contributed by atoms with Gasteiger partial charge < -0.3 is 14.6 Å². The molecule has 4 aromatic rings. The van der Waals surface area contributed by atoms with Crippen LogP contribution in [0.25, 0.3) is 6.08 Å². The monoisotopic (exact) mass is 567 g/mol. The van der Waals surface area contributed by atoms with Crippen molar-refractivity contribution in [3.8, 4) is 11.5 Å². The summed E-state index contributed by atoms with van der Waals surface area (Å²) in [6.45, 7) is 0.715. The van der Waals surface area contributed by atoms with Crippen LogP contribution in [0.15, 0.2) is 114 Å². The summed E-state index contributed by atoms with van der Waals surface area (Å²) >= 11 is 6.54. The molecule has 1 aliphatic rings. The van der Waals surface area contributed by atoms with E-state index in [9.17, 15) is 14.7 Å². The predicted octanol–water partition coefficient (Wildman–Crippen LogP) is 6.87. The number of carbonyl (C=O) groups excluding carboxylic acids is 1. The number of carbonyl (C=O) groups is 2. The highest BCUT2D eigenvalue weighted by Crippen LogP contribution is 2.40. The number of rotatable bonds is 10. The van der Waals surface area contributed by atoms with Crippen molar-refractivity contribution in [1.29, 1.82) is 0 Å². The molecule has 0 spiro atoms. The van der Waals surface area contributed by atoms with Crippen molar-refractivity contribution in [2.24, 2.45) is 0 Å². The Kier molecular flexibility index (Phi) is 8.59. The van der Waals surface area contributed by atoms with Crippen LogP contribution in [0.2, 0.25) is 0 Å². The van der Waals surface area contributed by atoms with E-state index in [1.54, 1.807) is 42.5 Å². The molecule has 1 aliphatic heterocycles. The molecule has 0 saturated carbocycles. The van der Waals surface area contributed by atoms with Gasteiger partial charge in [0.2, 0.25) is 0 Å². The summed E-state index contributed by atoms with van der Waals surface area (Å²) in [5.74, 6) is -0.482. The van der Waals surface area contributed by atoms with Crippen molar-refractivity contribution in [3.63, 3.8) is 0 Å². The van der Waals surface area contributed by atoms with E-state index in [1.807, 2.05) is 72.8 Å². The number of carboxylic acids is 1. The molecule has 1 atom stereocenters. The van der Waals surface area contributed by atoms with Gasteiger partial charge in [-0.1, -0.05) is 115 Å². The van der Waals surface area contributed by atoms with E-state index < -0.39 is 17.9 Å². The maximum absolute atomic E-state index is 13.5. The van der Waals surface area contributed by atoms with Gasteiger partial charge in [-0.2, -0.15) is 0 Å². The molecule has 1 N–H and O–H groups in total. The normalized spacial score (nSPS) is 14.8. The number of benzene rings is 4. The van der Waals surface area contributed by atoms with Gasteiger partial charge in [0.25, 0.3) is 5.91 Å². The fraction of sp³-hybridized carbons (Fsp3) is 0.0938. The van der Waals surface area contributed by atoms with Crippen molar-refractivity contribution in [2.45, 2.75) is 19.3 Å². The molecule has 6 nitrogen and oxygen atoms in total. The van der Waals surface area contributed by atoms with Gasteiger partial charge in [0.15, 0.2) is 6.04 Å². The number of aliphatic carboxylic acids is 1. The smallest absolute Gasteiger partial charge is 0.331 e. The third-order valence-electron chi connectivity index (χ3n) is 6.19. The summed E-state index contributed by atoms with van der Waals surface area (Å²) in [5.41, 5.74) is 3.14. The first-order valence-corrected chi connectivity index (χ1v) is 13.7. The number of carboxylic acid groups (broad SMARTS) is 1. The van der Waals surface area contributed by atoms with Crippen LogP contribution in [-0.4, -0.2) is 26.2 Å². The lowest BCUT2D eigenvalue weighted by Crippen LogP contribution is -2.37. The number of ether oxygens (including phenoxy) is 2. The number of amides is 1. The van der Waals surface area contributed by atoms with Gasteiger partial charge in [0.1, 0.15) is 29.0 Å². The molecular formula is C32H25NO5S2. The van der Waals surface area contributed by atoms with Crippen LogP contribution in [0.3, 0.4) is 0 Å². The fourth-order valence-electron chi connectivity index (χ4n) is 4.21. The quantitative estimate of drug-likeness (QED) is 0.166. The Morgan fingerprint density at radius 2 is 1.43 bits per heavy atom. The maximum Gasteiger partial charge on any atom is 0.331 e. The maximum atomic E-state index is 13.5. The molecule has 200 valence electrons. The van der Waals surface area contributed by atoms with E-state index in [2.05, 4.69) is 0 Å².